The van der Waals surface area contributed by atoms with Gasteiger partial charge in [0.05, 0.1) is 19.4 Å². The van der Waals surface area contributed by atoms with E-state index < -0.39 is 0 Å². The summed E-state index contributed by atoms with van der Waals surface area (Å²) in [4.78, 5) is 4.78. The van der Waals surface area contributed by atoms with Crippen molar-refractivity contribution in [1.82, 2.24) is 5.32 Å². The number of allylic oxidation sites excluding steroid dienone is 2. The number of benzene rings is 2. The summed E-state index contributed by atoms with van der Waals surface area (Å²) in [5.41, 5.74) is 8.39. The summed E-state index contributed by atoms with van der Waals surface area (Å²) in [5, 5.41) is 3.46. The highest BCUT2D eigenvalue weighted by Gasteiger charge is 2.10. The van der Waals surface area contributed by atoms with Crippen LogP contribution < -0.4 is 20.5 Å². The molecule has 5 nitrogen and oxygen atoms in total. The minimum absolute atomic E-state index is 0.131. The van der Waals surface area contributed by atoms with Gasteiger partial charge < -0.3 is 20.5 Å². The molecule has 0 saturated carbocycles. The number of rotatable bonds is 12. The van der Waals surface area contributed by atoms with Crippen LogP contribution in [0, 0.1) is 0 Å². The van der Waals surface area contributed by atoms with Crippen LogP contribution in [0.3, 0.4) is 0 Å². The molecule has 0 bridgehead atoms. The monoisotopic (exact) mass is 451 g/mol. The van der Waals surface area contributed by atoms with Gasteiger partial charge in [-0.2, -0.15) is 0 Å². The van der Waals surface area contributed by atoms with E-state index in [1.54, 1.807) is 13.2 Å². The lowest BCUT2D eigenvalue weighted by atomic mass is 10.1. The second kappa shape index (κ2) is 16.6. The van der Waals surface area contributed by atoms with Crippen molar-refractivity contribution >= 4 is 5.71 Å². The smallest absolute Gasteiger partial charge is 0.161 e. The van der Waals surface area contributed by atoms with Gasteiger partial charge in [-0.25, -0.2) is 4.99 Å². The fourth-order valence-electron chi connectivity index (χ4n) is 2.96. The Labute approximate surface area is 200 Å². The number of unbranched alkanes of at least 4 members (excludes halogenated alkanes) is 1. The van der Waals surface area contributed by atoms with Crippen LogP contribution in [-0.2, 0) is 0 Å². The van der Waals surface area contributed by atoms with Crippen LogP contribution in [0.15, 0.2) is 78.1 Å². The number of nitrogens with zero attached hydrogens (tertiary/aromatic N) is 1. The Hall–Kier alpha value is -3.05. The van der Waals surface area contributed by atoms with Gasteiger partial charge in [-0.15, -0.1) is 0 Å². The molecular weight excluding hydrogens is 410 g/mol. The van der Waals surface area contributed by atoms with Crippen molar-refractivity contribution in [2.45, 2.75) is 53.0 Å². The van der Waals surface area contributed by atoms with Gasteiger partial charge in [0.15, 0.2) is 11.5 Å². The number of nitrogens with one attached hydrogen (secondary N) is 1. The van der Waals surface area contributed by atoms with E-state index in [0.717, 1.165) is 29.9 Å². The number of aliphatic imine (C=N–C) groups is 1. The molecule has 0 fully saturated rings. The third kappa shape index (κ3) is 9.96. The molecule has 0 aliphatic rings. The van der Waals surface area contributed by atoms with Crippen molar-refractivity contribution in [3.8, 4) is 11.5 Å². The Balaban J connectivity index is 0.00000172. The molecule has 33 heavy (non-hydrogen) atoms. The molecule has 0 aliphatic carbocycles. The van der Waals surface area contributed by atoms with Crippen molar-refractivity contribution < 1.29 is 9.47 Å². The third-order valence-electron chi connectivity index (χ3n) is 4.69. The molecule has 1 atom stereocenters. The maximum Gasteiger partial charge on any atom is 0.161 e. The lowest BCUT2D eigenvalue weighted by Gasteiger charge is -2.17. The van der Waals surface area contributed by atoms with E-state index in [2.05, 4.69) is 44.8 Å². The summed E-state index contributed by atoms with van der Waals surface area (Å²) in [6.07, 6.45) is 6.80. The molecule has 0 heterocycles. The molecule has 0 aliphatic heterocycles. The summed E-state index contributed by atoms with van der Waals surface area (Å²) in [5.74, 6) is 2.16. The van der Waals surface area contributed by atoms with E-state index in [9.17, 15) is 0 Å². The first-order valence-electron chi connectivity index (χ1n) is 11.7. The van der Waals surface area contributed by atoms with Crippen LogP contribution in [0.2, 0.25) is 0 Å². The SMILES string of the molecule is C=C/C(=N\C(=C/C)NC(C)c1ccccc1)c1ccc(OCCCCN)c(OC)c1.CCC. The summed E-state index contributed by atoms with van der Waals surface area (Å²) in [7, 11) is 1.64. The molecule has 0 radical (unpaired) electrons. The number of hydrogen-bond donors (Lipinski definition) is 2. The zero-order valence-corrected chi connectivity index (χ0v) is 20.9. The number of hydrogen-bond acceptors (Lipinski definition) is 5. The second-order valence-electron chi connectivity index (χ2n) is 7.57. The predicted molar refractivity (Wildman–Crippen MR) is 141 cm³/mol. The van der Waals surface area contributed by atoms with Gasteiger partial charge >= 0.3 is 0 Å². The highest BCUT2D eigenvalue weighted by atomic mass is 16.5. The van der Waals surface area contributed by atoms with Gasteiger partial charge in [0.1, 0.15) is 5.82 Å². The van der Waals surface area contributed by atoms with Gasteiger partial charge in [0, 0.05) is 11.6 Å². The minimum Gasteiger partial charge on any atom is -0.493 e. The average molecular weight is 452 g/mol. The third-order valence-corrected chi connectivity index (χ3v) is 4.69. The summed E-state index contributed by atoms with van der Waals surface area (Å²) >= 11 is 0. The second-order valence-corrected chi connectivity index (χ2v) is 7.57. The maximum absolute atomic E-state index is 5.83. The van der Waals surface area contributed by atoms with Crippen molar-refractivity contribution in [2.75, 3.05) is 20.3 Å². The Morgan fingerprint density at radius 1 is 1.12 bits per heavy atom. The Morgan fingerprint density at radius 3 is 2.39 bits per heavy atom. The van der Waals surface area contributed by atoms with Gasteiger partial charge in [-0.3, -0.25) is 0 Å². The summed E-state index contributed by atoms with van der Waals surface area (Å²) < 4.78 is 11.4. The molecule has 0 aromatic heterocycles. The van der Waals surface area contributed by atoms with E-state index in [0.29, 0.717) is 24.7 Å². The van der Waals surface area contributed by atoms with Crippen molar-refractivity contribution in [2.24, 2.45) is 10.7 Å². The molecular formula is C28H41N3O2. The summed E-state index contributed by atoms with van der Waals surface area (Å²) in [6.45, 7) is 13.5. The van der Waals surface area contributed by atoms with Crippen molar-refractivity contribution in [3.05, 3.63) is 84.2 Å². The molecule has 5 heteroatoms. The van der Waals surface area contributed by atoms with E-state index in [1.165, 1.54) is 12.0 Å². The molecule has 0 spiro atoms. The van der Waals surface area contributed by atoms with Crippen LogP contribution in [0.5, 0.6) is 11.5 Å². The van der Waals surface area contributed by atoms with Crippen LogP contribution in [0.25, 0.3) is 0 Å². The Morgan fingerprint density at radius 2 is 1.82 bits per heavy atom. The van der Waals surface area contributed by atoms with Gasteiger partial charge in [0.2, 0.25) is 0 Å². The number of methoxy groups -OCH3 is 1. The first-order valence-corrected chi connectivity index (χ1v) is 11.7. The molecule has 2 rings (SSSR count). The minimum atomic E-state index is 0.131. The molecule has 180 valence electrons. The van der Waals surface area contributed by atoms with Crippen LogP contribution in [0.1, 0.15) is 64.1 Å². The molecule has 1 unspecified atom stereocenters. The lowest BCUT2D eigenvalue weighted by molar-refractivity contribution is 0.287. The standard InChI is InChI=1S/C25H33N3O2.C3H8/c1-5-22(28-25(6-2)27-19(3)20-12-8-7-9-13-20)21-14-15-23(24(18-21)29-4)30-17-11-10-16-26;1-3-2/h5-9,12-15,18-19,27H,1,10-11,16-17,26H2,2-4H3;3H2,1-2H3/b25-6-,28-22+;. The van der Waals surface area contributed by atoms with E-state index >= 15 is 0 Å². The average Bonchev–Trinajstić information content (AvgIpc) is 2.85. The zero-order valence-electron chi connectivity index (χ0n) is 20.9. The van der Waals surface area contributed by atoms with Crippen LogP contribution in [-0.4, -0.2) is 26.0 Å². The Kier molecular flexibility index (Phi) is 14.0. The van der Waals surface area contributed by atoms with Crippen LogP contribution >= 0.6 is 0 Å². The van der Waals surface area contributed by atoms with Gasteiger partial charge in [0.25, 0.3) is 0 Å². The first kappa shape index (κ1) is 28.0. The van der Waals surface area contributed by atoms with E-state index in [4.69, 9.17) is 20.2 Å². The highest BCUT2D eigenvalue weighted by Crippen LogP contribution is 2.29. The molecule has 0 saturated heterocycles. The molecule has 3 N–H and O–H groups in total. The van der Waals surface area contributed by atoms with Crippen LogP contribution in [0.4, 0.5) is 0 Å². The number of nitrogens with two attached hydrogens (primary N) is 1. The van der Waals surface area contributed by atoms with E-state index in [-0.39, 0.29) is 6.04 Å². The highest BCUT2D eigenvalue weighted by molar-refractivity contribution is 6.09. The molecule has 2 aromatic carbocycles. The first-order chi connectivity index (χ1) is 16.0. The fourth-order valence-corrected chi connectivity index (χ4v) is 2.96. The topological polar surface area (TPSA) is 68.9 Å². The largest absolute Gasteiger partial charge is 0.493 e. The zero-order chi connectivity index (χ0) is 24.5. The van der Waals surface area contributed by atoms with Crippen molar-refractivity contribution in [1.29, 1.82) is 0 Å². The maximum atomic E-state index is 5.83. The quantitative estimate of drug-likeness (QED) is 0.289. The van der Waals surface area contributed by atoms with Crippen molar-refractivity contribution in [3.63, 3.8) is 0 Å². The predicted octanol–water partition coefficient (Wildman–Crippen LogP) is 6.42. The van der Waals surface area contributed by atoms with Gasteiger partial charge in [-0.1, -0.05) is 57.2 Å². The lowest BCUT2D eigenvalue weighted by Crippen LogP contribution is -2.18. The summed E-state index contributed by atoms with van der Waals surface area (Å²) in [6, 6.07) is 16.2. The normalized spacial score (nSPS) is 12.3. The number of ether oxygens (including phenoxy) is 2. The van der Waals surface area contributed by atoms with Gasteiger partial charge in [-0.05, 0) is 69.1 Å². The fraction of sp³-hybridized carbons (Fsp3) is 0.393. The molecule has 0 amide bonds. The molecule has 2 aromatic rings. The Bertz CT molecular complexity index is 876. The van der Waals surface area contributed by atoms with E-state index in [1.807, 2.05) is 49.4 Å².